The van der Waals surface area contributed by atoms with Gasteiger partial charge >= 0.3 is 0 Å². The second-order valence-electron chi connectivity index (χ2n) is 5.64. The summed E-state index contributed by atoms with van der Waals surface area (Å²) in [6.07, 6.45) is 12.0. The van der Waals surface area contributed by atoms with E-state index in [1.807, 2.05) is 0 Å². The molecule has 0 heterocycles. The lowest BCUT2D eigenvalue weighted by atomic mass is 10.0. The summed E-state index contributed by atoms with van der Waals surface area (Å²) >= 11 is 0. The van der Waals surface area contributed by atoms with Gasteiger partial charge in [0.2, 0.25) is 0 Å². The smallest absolute Gasteiger partial charge is 0.0770 e. The van der Waals surface area contributed by atoms with E-state index in [-0.39, 0.29) is 6.61 Å². The van der Waals surface area contributed by atoms with Gasteiger partial charge in [-0.3, -0.25) is 0 Å². The summed E-state index contributed by atoms with van der Waals surface area (Å²) in [6.45, 7) is 4.50. The maximum absolute atomic E-state index is 9.15. The quantitative estimate of drug-likeness (QED) is 0.511. The molecule has 0 bridgehead atoms. The van der Waals surface area contributed by atoms with Crippen LogP contribution in [0.4, 0.5) is 0 Å². The second kappa shape index (κ2) is 12.4. The standard InChI is InChI=1S/C15H32O2/c1-14(2)11-9-7-5-3-4-6-8-10-12-15(17)13-16/h14-17H,3-13H2,1-2H3. The van der Waals surface area contributed by atoms with Gasteiger partial charge in [0.05, 0.1) is 12.7 Å². The third-order valence-corrected chi connectivity index (χ3v) is 3.28. The molecule has 0 aromatic heterocycles. The molecular formula is C15H32O2. The minimum absolute atomic E-state index is 0.0874. The highest BCUT2D eigenvalue weighted by atomic mass is 16.3. The zero-order chi connectivity index (χ0) is 12.9. The third kappa shape index (κ3) is 13.9. The largest absolute Gasteiger partial charge is 0.394 e. The Labute approximate surface area is 107 Å². The SMILES string of the molecule is CC(C)CCCCCCCCCCC(O)CO. The third-order valence-electron chi connectivity index (χ3n) is 3.28. The zero-order valence-electron chi connectivity index (χ0n) is 11.8. The molecule has 0 spiro atoms. The van der Waals surface area contributed by atoms with Crippen LogP contribution >= 0.6 is 0 Å². The lowest BCUT2D eigenvalue weighted by molar-refractivity contribution is 0.0860. The van der Waals surface area contributed by atoms with Crippen LogP contribution in [0.5, 0.6) is 0 Å². The van der Waals surface area contributed by atoms with Gasteiger partial charge in [-0.25, -0.2) is 0 Å². The molecule has 0 rings (SSSR count). The Morgan fingerprint density at radius 3 is 1.53 bits per heavy atom. The molecule has 0 amide bonds. The Morgan fingerprint density at radius 2 is 1.12 bits per heavy atom. The van der Waals surface area contributed by atoms with Gasteiger partial charge in [0.25, 0.3) is 0 Å². The molecule has 2 N–H and O–H groups in total. The lowest BCUT2D eigenvalue weighted by Crippen LogP contribution is -2.10. The molecule has 0 aromatic rings. The molecule has 0 fully saturated rings. The predicted molar refractivity (Wildman–Crippen MR) is 74.1 cm³/mol. The van der Waals surface area contributed by atoms with Crippen molar-refractivity contribution < 1.29 is 10.2 Å². The van der Waals surface area contributed by atoms with Crippen LogP contribution in [-0.2, 0) is 0 Å². The van der Waals surface area contributed by atoms with Gasteiger partial charge < -0.3 is 10.2 Å². The molecule has 0 aliphatic carbocycles. The fourth-order valence-electron chi connectivity index (χ4n) is 2.08. The van der Waals surface area contributed by atoms with Crippen molar-refractivity contribution in [2.45, 2.75) is 84.2 Å². The van der Waals surface area contributed by atoms with Crippen molar-refractivity contribution in [2.24, 2.45) is 5.92 Å². The van der Waals surface area contributed by atoms with Crippen molar-refractivity contribution in [3.63, 3.8) is 0 Å². The minimum Gasteiger partial charge on any atom is -0.394 e. The summed E-state index contributed by atoms with van der Waals surface area (Å²) in [5.41, 5.74) is 0. The summed E-state index contributed by atoms with van der Waals surface area (Å²) < 4.78 is 0. The van der Waals surface area contributed by atoms with Crippen molar-refractivity contribution in [2.75, 3.05) is 6.61 Å². The number of aliphatic hydroxyl groups is 2. The topological polar surface area (TPSA) is 40.5 Å². The van der Waals surface area contributed by atoms with E-state index in [0.717, 1.165) is 18.8 Å². The number of aliphatic hydroxyl groups excluding tert-OH is 2. The molecule has 1 unspecified atom stereocenters. The van der Waals surface area contributed by atoms with E-state index in [4.69, 9.17) is 10.2 Å². The summed E-state index contributed by atoms with van der Waals surface area (Å²) in [7, 11) is 0. The van der Waals surface area contributed by atoms with E-state index in [1.54, 1.807) is 0 Å². The molecule has 0 aliphatic heterocycles. The highest BCUT2D eigenvalue weighted by molar-refractivity contribution is 4.54. The van der Waals surface area contributed by atoms with E-state index in [0.29, 0.717) is 0 Å². The Kier molecular flexibility index (Phi) is 12.3. The predicted octanol–water partition coefficient (Wildman–Crippen LogP) is 3.90. The average Bonchev–Trinajstić information content (AvgIpc) is 2.30. The van der Waals surface area contributed by atoms with Gasteiger partial charge in [-0.2, -0.15) is 0 Å². The van der Waals surface area contributed by atoms with Crippen LogP contribution in [0.2, 0.25) is 0 Å². The van der Waals surface area contributed by atoms with Crippen LogP contribution < -0.4 is 0 Å². The highest BCUT2D eigenvalue weighted by Crippen LogP contribution is 2.13. The van der Waals surface area contributed by atoms with E-state index in [2.05, 4.69) is 13.8 Å². The monoisotopic (exact) mass is 244 g/mol. The fraction of sp³-hybridized carbons (Fsp3) is 1.00. The summed E-state index contributed by atoms with van der Waals surface area (Å²) in [6, 6.07) is 0. The van der Waals surface area contributed by atoms with Gasteiger partial charge in [-0.15, -0.1) is 0 Å². The molecule has 104 valence electrons. The molecule has 2 nitrogen and oxygen atoms in total. The molecule has 0 radical (unpaired) electrons. The van der Waals surface area contributed by atoms with Crippen LogP contribution in [0.25, 0.3) is 0 Å². The van der Waals surface area contributed by atoms with Gasteiger partial charge in [0, 0.05) is 0 Å². The number of unbranched alkanes of at least 4 members (excludes halogenated alkanes) is 7. The Morgan fingerprint density at radius 1 is 0.706 bits per heavy atom. The Bertz CT molecular complexity index is 146. The first-order valence-corrected chi connectivity index (χ1v) is 7.45. The zero-order valence-corrected chi connectivity index (χ0v) is 11.8. The Balaban J connectivity index is 2.99. The molecular weight excluding hydrogens is 212 g/mol. The van der Waals surface area contributed by atoms with Crippen LogP contribution in [0.3, 0.4) is 0 Å². The Hall–Kier alpha value is -0.0800. The number of rotatable bonds is 12. The van der Waals surface area contributed by atoms with Gasteiger partial charge in [0.15, 0.2) is 0 Å². The van der Waals surface area contributed by atoms with E-state index >= 15 is 0 Å². The maximum atomic E-state index is 9.15. The summed E-state index contributed by atoms with van der Waals surface area (Å²) in [5, 5.41) is 17.8. The summed E-state index contributed by atoms with van der Waals surface area (Å²) in [4.78, 5) is 0. The van der Waals surface area contributed by atoms with Crippen molar-refractivity contribution in [1.29, 1.82) is 0 Å². The number of hydrogen-bond acceptors (Lipinski definition) is 2. The van der Waals surface area contributed by atoms with E-state index in [9.17, 15) is 0 Å². The first kappa shape index (κ1) is 16.9. The van der Waals surface area contributed by atoms with Gasteiger partial charge in [-0.1, -0.05) is 71.6 Å². The van der Waals surface area contributed by atoms with Crippen molar-refractivity contribution in [1.82, 2.24) is 0 Å². The first-order valence-electron chi connectivity index (χ1n) is 7.45. The van der Waals surface area contributed by atoms with Gasteiger partial charge in [0.1, 0.15) is 0 Å². The normalized spacial score (nSPS) is 13.2. The van der Waals surface area contributed by atoms with Crippen LogP contribution in [0.1, 0.15) is 78.1 Å². The molecule has 17 heavy (non-hydrogen) atoms. The second-order valence-corrected chi connectivity index (χ2v) is 5.64. The molecule has 0 aliphatic rings. The van der Waals surface area contributed by atoms with Crippen molar-refractivity contribution in [3.8, 4) is 0 Å². The maximum Gasteiger partial charge on any atom is 0.0770 e. The fourth-order valence-corrected chi connectivity index (χ4v) is 2.08. The molecule has 0 saturated carbocycles. The lowest BCUT2D eigenvalue weighted by Gasteiger charge is -2.06. The minimum atomic E-state index is -0.494. The molecule has 2 heteroatoms. The van der Waals surface area contributed by atoms with Crippen LogP contribution in [0.15, 0.2) is 0 Å². The van der Waals surface area contributed by atoms with Crippen LogP contribution in [-0.4, -0.2) is 22.9 Å². The van der Waals surface area contributed by atoms with E-state index < -0.39 is 6.10 Å². The number of hydrogen-bond donors (Lipinski definition) is 2. The van der Waals surface area contributed by atoms with Crippen molar-refractivity contribution in [3.05, 3.63) is 0 Å². The molecule has 0 aromatic carbocycles. The first-order chi connectivity index (χ1) is 8.16. The van der Waals surface area contributed by atoms with Crippen molar-refractivity contribution >= 4 is 0 Å². The summed E-state index contributed by atoms with van der Waals surface area (Å²) in [5.74, 6) is 0.855. The molecule has 1 atom stereocenters. The van der Waals surface area contributed by atoms with E-state index in [1.165, 1.54) is 51.4 Å². The molecule has 0 saturated heterocycles. The average molecular weight is 244 g/mol. The highest BCUT2D eigenvalue weighted by Gasteiger charge is 2.00. The van der Waals surface area contributed by atoms with Gasteiger partial charge in [-0.05, 0) is 12.3 Å². The van der Waals surface area contributed by atoms with Crippen LogP contribution in [0, 0.1) is 5.92 Å².